The summed E-state index contributed by atoms with van der Waals surface area (Å²) >= 11 is 0. The summed E-state index contributed by atoms with van der Waals surface area (Å²) in [5.74, 6) is -1.80. The van der Waals surface area contributed by atoms with Gasteiger partial charge in [0, 0.05) is 24.4 Å². The minimum atomic E-state index is -4.54. The lowest BCUT2D eigenvalue weighted by Gasteiger charge is -2.14. The summed E-state index contributed by atoms with van der Waals surface area (Å²) in [5.41, 5.74) is -0.309. The Kier molecular flexibility index (Phi) is 5.67. The van der Waals surface area contributed by atoms with E-state index in [4.69, 9.17) is 0 Å². The fourth-order valence-corrected chi connectivity index (χ4v) is 2.94. The first-order valence-electron chi connectivity index (χ1n) is 9.25. The summed E-state index contributed by atoms with van der Waals surface area (Å²) in [5, 5.41) is 10.3. The Bertz CT molecular complexity index is 914. The van der Waals surface area contributed by atoms with Crippen LogP contribution in [0.3, 0.4) is 0 Å². The average Bonchev–Trinajstić information content (AvgIpc) is 3.28. The molecule has 29 heavy (non-hydrogen) atoms. The number of carbonyl (C=O) groups excluding carboxylic acids is 2. The number of rotatable bonds is 7. The van der Waals surface area contributed by atoms with E-state index in [1.807, 2.05) is 6.92 Å². The number of halogens is 3. The molecule has 0 bridgehead atoms. The molecule has 1 N–H and O–H groups in total. The lowest BCUT2D eigenvalue weighted by molar-refractivity contribution is -0.141. The zero-order valence-corrected chi connectivity index (χ0v) is 16.3. The molecule has 1 aliphatic carbocycles. The second-order valence-electron chi connectivity index (χ2n) is 7.04. The Labute approximate surface area is 165 Å². The molecule has 158 valence electrons. The van der Waals surface area contributed by atoms with Gasteiger partial charge in [-0.1, -0.05) is 6.92 Å². The van der Waals surface area contributed by atoms with Gasteiger partial charge >= 0.3 is 12.1 Å². The van der Waals surface area contributed by atoms with Crippen molar-refractivity contribution in [3.8, 4) is 0 Å². The van der Waals surface area contributed by atoms with Gasteiger partial charge in [-0.15, -0.1) is 0 Å². The van der Waals surface area contributed by atoms with Crippen LogP contribution in [0.4, 0.5) is 18.9 Å². The van der Waals surface area contributed by atoms with Crippen LogP contribution >= 0.6 is 0 Å². The van der Waals surface area contributed by atoms with Crippen LogP contribution in [-0.2, 0) is 28.8 Å². The summed E-state index contributed by atoms with van der Waals surface area (Å²) in [6, 6.07) is 1.06. The van der Waals surface area contributed by atoms with Gasteiger partial charge in [0.25, 0.3) is 0 Å². The van der Waals surface area contributed by atoms with Crippen LogP contribution in [0.15, 0.2) is 12.3 Å². The Morgan fingerprint density at radius 1 is 1.34 bits per heavy atom. The smallest absolute Gasteiger partial charge is 0.435 e. The zero-order chi connectivity index (χ0) is 21.3. The van der Waals surface area contributed by atoms with Crippen molar-refractivity contribution in [3.05, 3.63) is 29.3 Å². The number of aromatic nitrogens is 4. The van der Waals surface area contributed by atoms with Gasteiger partial charge in [-0.05, 0) is 25.8 Å². The summed E-state index contributed by atoms with van der Waals surface area (Å²) in [6.07, 6.45) is -1.42. The van der Waals surface area contributed by atoms with E-state index >= 15 is 0 Å². The first-order valence-corrected chi connectivity index (χ1v) is 9.25. The fraction of sp³-hybridized carbons (Fsp3) is 0.556. The van der Waals surface area contributed by atoms with E-state index in [0.29, 0.717) is 12.2 Å². The molecule has 2 aromatic rings. The van der Waals surface area contributed by atoms with Gasteiger partial charge in [0.15, 0.2) is 11.4 Å². The number of aryl methyl sites for hydroxylation is 1. The molecule has 0 aliphatic heterocycles. The minimum absolute atomic E-state index is 0.0107. The highest BCUT2D eigenvalue weighted by atomic mass is 19.4. The number of hydrogen-bond acceptors (Lipinski definition) is 5. The van der Waals surface area contributed by atoms with Gasteiger partial charge in [-0.3, -0.25) is 14.2 Å². The lowest BCUT2D eigenvalue weighted by atomic mass is 10.1. The first kappa shape index (κ1) is 20.9. The van der Waals surface area contributed by atoms with Crippen molar-refractivity contribution < 1.29 is 27.5 Å². The van der Waals surface area contributed by atoms with Crippen LogP contribution in [0.1, 0.15) is 54.5 Å². The molecule has 2 heterocycles. The molecule has 1 saturated carbocycles. The number of esters is 1. The number of methoxy groups -OCH3 is 1. The van der Waals surface area contributed by atoms with Crippen molar-refractivity contribution in [1.29, 1.82) is 0 Å². The predicted octanol–water partition coefficient (Wildman–Crippen LogP) is 3.06. The van der Waals surface area contributed by atoms with Crippen LogP contribution in [0.25, 0.3) is 0 Å². The van der Waals surface area contributed by atoms with Gasteiger partial charge in [0.1, 0.15) is 0 Å². The van der Waals surface area contributed by atoms with E-state index in [-0.39, 0.29) is 23.8 Å². The van der Waals surface area contributed by atoms with Crippen LogP contribution in [0.5, 0.6) is 0 Å². The predicted molar refractivity (Wildman–Crippen MR) is 96.2 cm³/mol. The van der Waals surface area contributed by atoms with E-state index in [9.17, 15) is 22.8 Å². The summed E-state index contributed by atoms with van der Waals surface area (Å²) in [4.78, 5) is 24.5. The molecule has 2 aromatic heterocycles. The topological polar surface area (TPSA) is 91.0 Å². The van der Waals surface area contributed by atoms with Crippen LogP contribution in [0, 0.1) is 5.92 Å². The van der Waals surface area contributed by atoms with E-state index in [2.05, 4.69) is 20.3 Å². The van der Waals surface area contributed by atoms with E-state index in [1.165, 1.54) is 22.7 Å². The summed E-state index contributed by atoms with van der Waals surface area (Å²) in [6.45, 7) is 3.87. The van der Waals surface area contributed by atoms with Crippen LogP contribution < -0.4 is 5.32 Å². The van der Waals surface area contributed by atoms with Crippen LogP contribution in [0.2, 0.25) is 0 Å². The molecule has 1 amide bonds. The molecule has 0 spiro atoms. The SMILES string of the molecule is CCn1cc(NC(=O)C(C)Cn2nc(C(F)(F)F)cc2C2CC2)c(C(=O)OC)n1. The maximum absolute atomic E-state index is 13.0. The molecule has 0 radical (unpaired) electrons. The fourth-order valence-electron chi connectivity index (χ4n) is 2.94. The number of nitrogens with zero attached hydrogens (tertiary/aromatic N) is 4. The van der Waals surface area contributed by atoms with Gasteiger partial charge in [-0.25, -0.2) is 4.79 Å². The molecule has 1 atom stereocenters. The molecule has 3 rings (SSSR count). The van der Waals surface area contributed by atoms with Gasteiger partial charge in [0.2, 0.25) is 5.91 Å². The van der Waals surface area contributed by atoms with E-state index in [0.717, 1.165) is 18.9 Å². The van der Waals surface area contributed by atoms with Gasteiger partial charge in [0.05, 0.1) is 25.3 Å². The standard InChI is InChI=1S/C18H22F3N5O3/c1-4-25-9-12(15(24-25)17(28)29-3)22-16(27)10(2)8-26-13(11-5-6-11)7-14(23-26)18(19,20)21/h7,9-11H,4-6,8H2,1-3H3,(H,22,27). The maximum atomic E-state index is 13.0. The number of hydrogen-bond donors (Lipinski definition) is 1. The maximum Gasteiger partial charge on any atom is 0.435 e. The van der Waals surface area contributed by atoms with Crippen molar-refractivity contribution in [1.82, 2.24) is 19.6 Å². The molecule has 0 aromatic carbocycles. The quantitative estimate of drug-likeness (QED) is 0.705. The monoisotopic (exact) mass is 413 g/mol. The second-order valence-corrected chi connectivity index (χ2v) is 7.04. The molecular formula is C18H22F3N5O3. The first-order chi connectivity index (χ1) is 13.6. The third-order valence-corrected chi connectivity index (χ3v) is 4.71. The molecule has 11 heteroatoms. The number of ether oxygens (including phenoxy) is 1. The molecule has 1 fully saturated rings. The van der Waals surface area contributed by atoms with Gasteiger partial charge in [-0.2, -0.15) is 23.4 Å². The molecular weight excluding hydrogens is 391 g/mol. The summed E-state index contributed by atoms with van der Waals surface area (Å²) in [7, 11) is 1.21. The normalized spacial score (nSPS) is 15.2. The highest BCUT2D eigenvalue weighted by Crippen LogP contribution is 2.42. The Morgan fingerprint density at radius 3 is 2.59 bits per heavy atom. The lowest BCUT2D eigenvalue weighted by Crippen LogP contribution is -2.26. The second kappa shape index (κ2) is 7.88. The zero-order valence-electron chi connectivity index (χ0n) is 16.3. The Morgan fingerprint density at radius 2 is 2.03 bits per heavy atom. The van der Waals surface area contributed by atoms with Crippen LogP contribution in [-0.4, -0.2) is 38.5 Å². The van der Waals surface area contributed by atoms with Crippen molar-refractivity contribution in [3.63, 3.8) is 0 Å². The third kappa shape index (κ3) is 4.60. The Hall–Kier alpha value is -2.85. The van der Waals surface area contributed by atoms with Gasteiger partial charge < -0.3 is 10.1 Å². The Balaban J connectivity index is 1.76. The highest BCUT2D eigenvalue weighted by Gasteiger charge is 2.38. The molecule has 8 nitrogen and oxygen atoms in total. The minimum Gasteiger partial charge on any atom is -0.464 e. The van der Waals surface area contributed by atoms with E-state index < -0.39 is 29.7 Å². The number of anilines is 1. The number of amides is 1. The number of nitrogens with one attached hydrogen (secondary N) is 1. The van der Waals surface area contributed by atoms with Crippen molar-refractivity contribution in [2.45, 2.75) is 51.9 Å². The molecule has 0 saturated heterocycles. The average molecular weight is 413 g/mol. The highest BCUT2D eigenvalue weighted by molar-refractivity contribution is 6.00. The van der Waals surface area contributed by atoms with Crippen molar-refractivity contribution in [2.24, 2.45) is 5.92 Å². The van der Waals surface area contributed by atoms with Crippen molar-refractivity contribution in [2.75, 3.05) is 12.4 Å². The molecule has 1 aliphatic rings. The third-order valence-electron chi connectivity index (χ3n) is 4.71. The number of carbonyl (C=O) groups is 2. The van der Waals surface area contributed by atoms with E-state index in [1.54, 1.807) is 6.92 Å². The largest absolute Gasteiger partial charge is 0.464 e. The van der Waals surface area contributed by atoms with Crippen molar-refractivity contribution >= 4 is 17.6 Å². The molecule has 1 unspecified atom stereocenters. The number of alkyl halides is 3. The summed E-state index contributed by atoms with van der Waals surface area (Å²) < 4.78 is 46.5.